The number of hydrogen-bond acceptors (Lipinski definition) is 2. The molecule has 1 fully saturated rings. The molecule has 2 N–H and O–H groups in total. The highest BCUT2D eigenvalue weighted by Crippen LogP contribution is 2.08. The summed E-state index contributed by atoms with van der Waals surface area (Å²) in [6, 6.07) is 8.59. The summed E-state index contributed by atoms with van der Waals surface area (Å²) in [4.78, 5) is 7.25. The molecule has 4 nitrogen and oxygen atoms in total. The molecule has 0 spiro atoms. The number of halogens is 1. The minimum atomic E-state index is 0. The number of benzene rings is 1. The zero-order chi connectivity index (χ0) is 16.3. The monoisotopic (exact) mass is 444 g/mol. The van der Waals surface area contributed by atoms with Gasteiger partial charge < -0.3 is 15.5 Å². The van der Waals surface area contributed by atoms with Crippen molar-refractivity contribution < 1.29 is 0 Å². The number of rotatable bonds is 8. The molecule has 1 aromatic carbocycles. The molecule has 0 amide bonds. The van der Waals surface area contributed by atoms with Gasteiger partial charge in [0.2, 0.25) is 0 Å². The lowest BCUT2D eigenvalue weighted by Gasteiger charge is -2.15. The maximum Gasteiger partial charge on any atom is 0.191 e. The summed E-state index contributed by atoms with van der Waals surface area (Å²) in [6.45, 7) is 10.7. The maximum atomic E-state index is 4.67. The van der Waals surface area contributed by atoms with Gasteiger partial charge in [0.25, 0.3) is 0 Å². The van der Waals surface area contributed by atoms with Crippen molar-refractivity contribution in [3.63, 3.8) is 0 Å². The Balaban J connectivity index is 0.00000288. The van der Waals surface area contributed by atoms with E-state index < -0.39 is 0 Å². The van der Waals surface area contributed by atoms with E-state index in [2.05, 4.69) is 58.6 Å². The van der Waals surface area contributed by atoms with Crippen molar-refractivity contribution in [1.82, 2.24) is 15.5 Å². The van der Waals surface area contributed by atoms with E-state index >= 15 is 0 Å². The van der Waals surface area contributed by atoms with Crippen molar-refractivity contribution in [1.29, 1.82) is 0 Å². The van der Waals surface area contributed by atoms with E-state index in [9.17, 15) is 0 Å². The van der Waals surface area contributed by atoms with Crippen molar-refractivity contribution in [3.05, 3.63) is 35.4 Å². The van der Waals surface area contributed by atoms with Gasteiger partial charge in [-0.3, -0.25) is 0 Å². The van der Waals surface area contributed by atoms with E-state index in [1.165, 1.54) is 56.4 Å². The second-order valence-corrected chi connectivity index (χ2v) is 6.36. The molecule has 0 saturated carbocycles. The number of aliphatic imine (C=N–C) groups is 1. The van der Waals surface area contributed by atoms with Crippen LogP contribution in [0.2, 0.25) is 0 Å². The minimum Gasteiger partial charge on any atom is -0.357 e. The first-order valence-corrected chi connectivity index (χ1v) is 9.08. The molecule has 1 aliphatic rings. The van der Waals surface area contributed by atoms with Gasteiger partial charge in [-0.1, -0.05) is 29.8 Å². The van der Waals surface area contributed by atoms with Crippen LogP contribution in [0.3, 0.4) is 0 Å². The summed E-state index contributed by atoms with van der Waals surface area (Å²) < 4.78 is 0. The number of nitrogens with zero attached hydrogens (tertiary/aromatic N) is 2. The molecule has 136 valence electrons. The Kier molecular flexibility index (Phi) is 11.1. The fourth-order valence-electron chi connectivity index (χ4n) is 2.88. The lowest BCUT2D eigenvalue weighted by atomic mass is 10.1. The molecular formula is C19H33IN4. The highest BCUT2D eigenvalue weighted by atomic mass is 127. The average Bonchev–Trinajstić information content (AvgIpc) is 3.07. The summed E-state index contributed by atoms with van der Waals surface area (Å²) >= 11 is 0. The van der Waals surface area contributed by atoms with Crippen molar-refractivity contribution in [2.45, 2.75) is 46.1 Å². The highest BCUT2D eigenvalue weighted by molar-refractivity contribution is 14.0. The number of unbranched alkanes of at least 4 members (excludes halogenated alkanes) is 1. The molecule has 1 saturated heterocycles. The SMILES string of the molecule is CCNC(=NCc1ccc(C)cc1)NCCCCN1CCCC1.I. The Hall–Kier alpha value is -0.820. The lowest BCUT2D eigenvalue weighted by Crippen LogP contribution is -2.38. The van der Waals surface area contributed by atoms with Gasteiger partial charge >= 0.3 is 0 Å². The maximum absolute atomic E-state index is 4.67. The molecule has 5 heteroatoms. The molecule has 1 aromatic rings. The van der Waals surface area contributed by atoms with Crippen LogP contribution < -0.4 is 10.6 Å². The summed E-state index contributed by atoms with van der Waals surface area (Å²) in [5, 5.41) is 6.77. The van der Waals surface area contributed by atoms with Gasteiger partial charge in [-0.2, -0.15) is 0 Å². The Morgan fingerprint density at radius 1 is 1.08 bits per heavy atom. The summed E-state index contributed by atoms with van der Waals surface area (Å²) in [5.74, 6) is 0.925. The van der Waals surface area contributed by atoms with Crippen molar-refractivity contribution >= 4 is 29.9 Å². The largest absolute Gasteiger partial charge is 0.357 e. The van der Waals surface area contributed by atoms with Crippen LogP contribution in [0, 0.1) is 6.92 Å². The third kappa shape index (κ3) is 8.33. The summed E-state index contributed by atoms with van der Waals surface area (Å²) in [7, 11) is 0. The van der Waals surface area contributed by atoms with E-state index in [-0.39, 0.29) is 24.0 Å². The molecule has 0 unspecified atom stereocenters. The van der Waals surface area contributed by atoms with Crippen LogP contribution in [0.25, 0.3) is 0 Å². The van der Waals surface area contributed by atoms with Gasteiger partial charge in [0.15, 0.2) is 5.96 Å². The van der Waals surface area contributed by atoms with Gasteiger partial charge in [-0.15, -0.1) is 24.0 Å². The predicted octanol–water partition coefficient (Wildman–Crippen LogP) is 3.54. The standard InChI is InChI=1S/C19H32N4.HI/c1-3-20-19(22-16-18-10-8-17(2)9-11-18)21-12-4-5-13-23-14-6-7-15-23;/h8-11H,3-7,12-16H2,1-2H3,(H2,20,21,22);1H. The number of aryl methyl sites for hydroxylation is 1. The number of hydrogen-bond donors (Lipinski definition) is 2. The van der Waals surface area contributed by atoms with E-state index in [4.69, 9.17) is 0 Å². The van der Waals surface area contributed by atoms with Crippen LogP contribution in [0.4, 0.5) is 0 Å². The Bertz CT molecular complexity index is 467. The molecule has 1 heterocycles. The molecule has 1 aliphatic heterocycles. The second kappa shape index (κ2) is 12.5. The fourth-order valence-corrected chi connectivity index (χ4v) is 2.88. The van der Waals surface area contributed by atoms with E-state index in [0.29, 0.717) is 0 Å². The zero-order valence-corrected chi connectivity index (χ0v) is 17.5. The van der Waals surface area contributed by atoms with Crippen molar-refractivity contribution in [3.8, 4) is 0 Å². The van der Waals surface area contributed by atoms with Crippen molar-refractivity contribution in [2.75, 3.05) is 32.7 Å². The number of guanidine groups is 1. The normalized spacial score (nSPS) is 15.2. The predicted molar refractivity (Wildman–Crippen MR) is 114 cm³/mol. The quantitative estimate of drug-likeness (QED) is 0.279. The number of nitrogens with one attached hydrogen (secondary N) is 2. The van der Waals surface area contributed by atoms with Crippen LogP contribution in [0.5, 0.6) is 0 Å². The first-order chi connectivity index (χ1) is 11.3. The highest BCUT2D eigenvalue weighted by Gasteiger charge is 2.09. The molecule has 0 atom stereocenters. The smallest absolute Gasteiger partial charge is 0.191 e. The van der Waals surface area contributed by atoms with Crippen LogP contribution in [0.15, 0.2) is 29.3 Å². The molecule has 0 bridgehead atoms. The van der Waals surface area contributed by atoms with Crippen LogP contribution in [-0.2, 0) is 6.54 Å². The Morgan fingerprint density at radius 3 is 2.46 bits per heavy atom. The van der Waals surface area contributed by atoms with E-state index in [0.717, 1.165) is 25.6 Å². The summed E-state index contributed by atoms with van der Waals surface area (Å²) in [5.41, 5.74) is 2.54. The third-order valence-corrected chi connectivity index (χ3v) is 4.28. The molecule has 0 aromatic heterocycles. The first-order valence-electron chi connectivity index (χ1n) is 9.08. The van der Waals surface area contributed by atoms with E-state index in [1.54, 1.807) is 0 Å². The van der Waals surface area contributed by atoms with Crippen LogP contribution >= 0.6 is 24.0 Å². The average molecular weight is 444 g/mol. The van der Waals surface area contributed by atoms with Gasteiger partial charge in [-0.25, -0.2) is 4.99 Å². The molecule has 2 rings (SSSR count). The van der Waals surface area contributed by atoms with Crippen molar-refractivity contribution in [2.24, 2.45) is 4.99 Å². The third-order valence-electron chi connectivity index (χ3n) is 4.28. The zero-order valence-electron chi connectivity index (χ0n) is 15.2. The van der Waals surface area contributed by atoms with Crippen LogP contribution in [0.1, 0.15) is 43.7 Å². The molecule has 24 heavy (non-hydrogen) atoms. The molecule has 0 aliphatic carbocycles. The van der Waals surface area contributed by atoms with E-state index in [1.807, 2.05) is 0 Å². The van der Waals surface area contributed by atoms with Gasteiger partial charge in [-0.05, 0) is 64.7 Å². The van der Waals surface area contributed by atoms with Gasteiger partial charge in [0.05, 0.1) is 6.54 Å². The second-order valence-electron chi connectivity index (χ2n) is 6.36. The van der Waals surface area contributed by atoms with Crippen LogP contribution in [-0.4, -0.2) is 43.6 Å². The first kappa shape index (κ1) is 21.2. The Labute approximate surface area is 164 Å². The van der Waals surface area contributed by atoms with Gasteiger partial charge in [0, 0.05) is 13.1 Å². The Morgan fingerprint density at radius 2 is 1.79 bits per heavy atom. The molecular weight excluding hydrogens is 411 g/mol. The summed E-state index contributed by atoms with van der Waals surface area (Å²) in [6.07, 6.45) is 5.23. The minimum absolute atomic E-state index is 0. The molecule has 0 radical (unpaired) electrons. The fraction of sp³-hybridized carbons (Fsp3) is 0.632. The number of likely N-dealkylation sites (tertiary alicyclic amines) is 1. The topological polar surface area (TPSA) is 39.7 Å². The van der Waals surface area contributed by atoms with Gasteiger partial charge in [0.1, 0.15) is 0 Å². The lowest BCUT2D eigenvalue weighted by molar-refractivity contribution is 0.330.